The molecule has 0 unspecified atom stereocenters. The average Bonchev–Trinajstić information content (AvgIpc) is 3.17. The maximum absolute atomic E-state index is 11.2. The van der Waals surface area contributed by atoms with E-state index in [1.165, 1.54) is 12.3 Å². The Hall–Kier alpha value is -4.03. The minimum absolute atomic E-state index is 0.0447. The molecular formula is C20H17N5O4. The maximum atomic E-state index is 11.2. The minimum Gasteiger partial charge on any atom is -0.455 e. The molecule has 0 bridgehead atoms. The number of nitro groups is 1. The standard InChI is InChI=1S/C20H17N5O4/c1-13-9-14(12-28-2)17(10-21)20(23-13)24-22-11-15-7-8-19(29-15)16-5-3-4-6-18(16)25(26)27/h3-9,11H,12H2,1-2H3,(H,23,24). The normalized spacial score (nSPS) is 10.8. The topological polar surface area (TPSA) is 127 Å². The van der Waals surface area contributed by atoms with Crippen LogP contribution in [0.5, 0.6) is 0 Å². The van der Waals surface area contributed by atoms with Gasteiger partial charge >= 0.3 is 0 Å². The van der Waals surface area contributed by atoms with E-state index in [1.54, 1.807) is 50.4 Å². The molecule has 0 radical (unpaired) electrons. The molecule has 2 heterocycles. The van der Waals surface area contributed by atoms with Crippen LogP contribution in [0.3, 0.4) is 0 Å². The number of methoxy groups -OCH3 is 1. The second kappa shape index (κ2) is 8.77. The van der Waals surface area contributed by atoms with Crippen molar-refractivity contribution in [3.63, 3.8) is 0 Å². The van der Waals surface area contributed by atoms with Gasteiger partial charge in [-0.15, -0.1) is 0 Å². The Kier molecular flexibility index (Phi) is 5.97. The fourth-order valence-electron chi connectivity index (χ4n) is 2.78. The zero-order valence-corrected chi connectivity index (χ0v) is 15.7. The number of aryl methyl sites for hydroxylation is 1. The highest BCUT2D eigenvalue weighted by molar-refractivity contribution is 5.79. The third kappa shape index (κ3) is 4.45. The van der Waals surface area contributed by atoms with Crippen molar-refractivity contribution < 1.29 is 14.1 Å². The first-order valence-corrected chi connectivity index (χ1v) is 8.55. The number of benzene rings is 1. The van der Waals surface area contributed by atoms with E-state index >= 15 is 0 Å². The molecule has 3 rings (SSSR count). The van der Waals surface area contributed by atoms with Gasteiger partial charge in [0, 0.05) is 24.4 Å². The van der Waals surface area contributed by atoms with E-state index in [0.29, 0.717) is 39.7 Å². The van der Waals surface area contributed by atoms with Crippen LogP contribution in [-0.2, 0) is 11.3 Å². The Balaban J connectivity index is 1.82. The monoisotopic (exact) mass is 391 g/mol. The second-order valence-electron chi connectivity index (χ2n) is 6.04. The fraction of sp³-hybridized carbons (Fsp3) is 0.150. The van der Waals surface area contributed by atoms with Crippen molar-refractivity contribution in [2.45, 2.75) is 13.5 Å². The first-order chi connectivity index (χ1) is 14.0. The zero-order valence-electron chi connectivity index (χ0n) is 15.7. The summed E-state index contributed by atoms with van der Waals surface area (Å²) in [6.07, 6.45) is 1.40. The number of nitro benzene ring substituents is 1. The quantitative estimate of drug-likeness (QED) is 0.366. The van der Waals surface area contributed by atoms with Crippen molar-refractivity contribution >= 4 is 17.7 Å². The highest BCUT2D eigenvalue weighted by Crippen LogP contribution is 2.30. The predicted octanol–water partition coefficient (Wildman–Crippen LogP) is 4.02. The lowest BCUT2D eigenvalue weighted by Gasteiger charge is -2.08. The number of nitriles is 1. The first-order valence-electron chi connectivity index (χ1n) is 8.55. The first kappa shape index (κ1) is 19.7. The second-order valence-corrected chi connectivity index (χ2v) is 6.04. The lowest BCUT2D eigenvalue weighted by molar-refractivity contribution is -0.384. The zero-order chi connectivity index (χ0) is 20.8. The van der Waals surface area contributed by atoms with Crippen LogP contribution in [0.15, 0.2) is 52.0 Å². The Morgan fingerprint density at radius 3 is 2.90 bits per heavy atom. The Morgan fingerprint density at radius 2 is 2.17 bits per heavy atom. The number of hydrazone groups is 1. The Labute approximate surface area is 166 Å². The summed E-state index contributed by atoms with van der Waals surface area (Å²) in [4.78, 5) is 15.0. The number of hydrogen-bond acceptors (Lipinski definition) is 8. The van der Waals surface area contributed by atoms with Gasteiger partial charge < -0.3 is 9.15 Å². The van der Waals surface area contributed by atoms with Gasteiger partial charge in [-0.3, -0.25) is 15.5 Å². The molecule has 3 aromatic rings. The SMILES string of the molecule is COCc1cc(C)nc(NN=Cc2ccc(-c3ccccc3[N+](=O)[O-])o2)c1C#N. The van der Waals surface area contributed by atoms with Crippen LogP contribution in [0.25, 0.3) is 11.3 Å². The van der Waals surface area contributed by atoms with Gasteiger partial charge in [0.25, 0.3) is 5.69 Å². The number of ether oxygens (including phenoxy) is 1. The molecule has 0 fully saturated rings. The summed E-state index contributed by atoms with van der Waals surface area (Å²) in [6.45, 7) is 2.09. The Bertz CT molecular complexity index is 1110. The molecule has 29 heavy (non-hydrogen) atoms. The highest BCUT2D eigenvalue weighted by Gasteiger charge is 2.17. The molecule has 0 saturated carbocycles. The number of rotatable bonds is 7. The number of pyridine rings is 1. The van der Waals surface area contributed by atoms with E-state index < -0.39 is 4.92 Å². The summed E-state index contributed by atoms with van der Waals surface area (Å²) >= 11 is 0. The lowest BCUT2D eigenvalue weighted by Crippen LogP contribution is -2.03. The van der Waals surface area contributed by atoms with Crippen LogP contribution >= 0.6 is 0 Å². The van der Waals surface area contributed by atoms with Crippen LogP contribution in [0.2, 0.25) is 0 Å². The van der Waals surface area contributed by atoms with E-state index in [2.05, 4.69) is 21.6 Å². The largest absolute Gasteiger partial charge is 0.455 e. The predicted molar refractivity (Wildman–Crippen MR) is 106 cm³/mol. The van der Waals surface area contributed by atoms with Gasteiger partial charge in [-0.25, -0.2) is 4.98 Å². The number of nitrogens with one attached hydrogen (secondary N) is 1. The maximum Gasteiger partial charge on any atom is 0.280 e. The summed E-state index contributed by atoms with van der Waals surface area (Å²) in [7, 11) is 1.55. The molecule has 1 N–H and O–H groups in total. The molecule has 2 aromatic heterocycles. The number of hydrogen-bond donors (Lipinski definition) is 1. The van der Waals surface area contributed by atoms with Crippen molar-refractivity contribution in [1.29, 1.82) is 5.26 Å². The minimum atomic E-state index is -0.461. The van der Waals surface area contributed by atoms with Crippen molar-refractivity contribution in [3.8, 4) is 17.4 Å². The molecule has 1 aromatic carbocycles. The molecule has 9 heteroatoms. The van der Waals surface area contributed by atoms with Crippen LogP contribution < -0.4 is 5.43 Å². The molecule has 0 saturated heterocycles. The Morgan fingerprint density at radius 1 is 1.38 bits per heavy atom. The van der Waals surface area contributed by atoms with Crippen molar-refractivity contribution in [2.24, 2.45) is 5.10 Å². The van der Waals surface area contributed by atoms with Gasteiger partial charge in [0.15, 0.2) is 5.82 Å². The highest BCUT2D eigenvalue weighted by atomic mass is 16.6. The van der Waals surface area contributed by atoms with Gasteiger partial charge in [-0.1, -0.05) is 12.1 Å². The summed E-state index contributed by atoms with van der Waals surface area (Å²) in [5.74, 6) is 1.04. The number of furan rings is 1. The third-order valence-electron chi connectivity index (χ3n) is 4.00. The number of aromatic nitrogens is 1. The smallest absolute Gasteiger partial charge is 0.280 e. The third-order valence-corrected chi connectivity index (χ3v) is 4.00. The molecular weight excluding hydrogens is 374 g/mol. The van der Waals surface area contributed by atoms with Crippen LogP contribution in [0.4, 0.5) is 11.5 Å². The lowest BCUT2D eigenvalue weighted by atomic mass is 10.1. The summed E-state index contributed by atoms with van der Waals surface area (Å²) in [6, 6.07) is 13.5. The van der Waals surface area contributed by atoms with Gasteiger partial charge in [-0.05, 0) is 31.2 Å². The fourth-order valence-corrected chi connectivity index (χ4v) is 2.78. The van der Waals surface area contributed by atoms with Crippen LogP contribution in [0.1, 0.15) is 22.6 Å². The molecule has 0 spiro atoms. The van der Waals surface area contributed by atoms with E-state index in [0.717, 1.165) is 0 Å². The average molecular weight is 391 g/mol. The molecule has 146 valence electrons. The van der Waals surface area contributed by atoms with E-state index in [1.807, 2.05) is 0 Å². The molecule has 0 aliphatic carbocycles. The van der Waals surface area contributed by atoms with Crippen LogP contribution in [0, 0.1) is 28.4 Å². The van der Waals surface area contributed by atoms with Crippen molar-refractivity contribution in [3.05, 3.63) is 75.2 Å². The molecule has 0 atom stereocenters. The van der Waals surface area contributed by atoms with E-state index in [9.17, 15) is 15.4 Å². The molecule has 0 aliphatic heterocycles. The molecule has 0 aliphatic rings. The molecule has 9 nitrogen and oxygen atoms in total. The van der Waals surface area contributed by atoms with Gasteiger partial charge in [0.2, 0.25) is 0 Å². The van der Waals surface area contributed by atoms with Gasteiger partial charge in [-0.2, -0.15) is 10.4 Å². The van der Waals surface area contributed by atoms with E-state index in [4.69, 9.17) is 9.15 Å². The van der Waals surface area contributed by atoms with Crippen molar-refractivity contribution in [2.75, 3.05) is 12.5 Å². The van der Waals surface area contributed by atoms with Crippen molar-refractivity contribution in [1.82, 2.24) is 4.98 Å². The van der Waals surface area contributed by atoms with Crippen LogP contribution in [-0.4, -0.2) is 23.2 Å². The summed E-state index contributed by atoms with van der Waals surface area (Å²) in [5, 5.41) is 24.7. The van der Waals surface area contributed by atoms with Gasteiger partial charge in [0.1, 0.15) is 23.2 Å². The number of nitrogens with zero attached hydrogens (tertiary/aromatic N) is 4. The number of para-hydroxylation sites is 1. The number of anilines is 1. The van der Waals surface area contributed by atoms with E-state index in [-0.39, 0.29) is 12.3 Å². The molecule has 0 amide bonds. The summed E-state index contributed by atoms with van der Waals surface area (Å²) in [5.41, 5.74) is 4.84. The summed E-state index contributed by atoms with van der Waals surface area (Å²) < 4.78 is 10.8. The van der Waals surface area contributed by atoms with Gasteiger partial charge in [0.05, 0.1) is 23.3 Å².